The number of aromatic nitrogens is 1. The lowest BCUT2D eigenvalue weighted by Gasteiger charge is -2.38. The number of hydrogen-bond acceptors (Lipinski definition) is 3. The summed E-state index contributed by atoms with van der Waals surface area (Å²) in [7, 11) is 1.80. The van der Waals surface area contributed by atoms with E-state index in [0.717, 1.165) is 12.8 Å². The van der Waals surface area contributed by atoms with Gasteiger partial charge >= 0.3 is 0 Å². The molecule has 1 aromatic rings. The molecule has 0 unspecified atom stereocenters. The first kappa shape index (κ1) is 10.1. The molecule has 0 aliphatic heterocycles. The van der Waals surface area contributed by atoms with Crippen molar-refractivity contribution in [3.8, 4) is 0 Å². The van der Waals surface area contributed by atoms with Gasteiger partial charge in [0.1, 0.15) is 10.6 Å². The Labute approximate surface area is 89.3 Å². The van der Waals surface area contributed by atoms with Gasteiger partial charge < -0.3 is 4.74 Å². The van der Waals surface area contributed by atoms with Crippen LogP contribution in [0.1, 0.15) is 49.7 Å². The largest absolute Gasteiger partial charge is 0.371 e. The Kier molecular flexibility index (Phi) is 2.62. The van der Waals surface area contributed by atoms with Crippen LogP contribution in [0.4, 0.5) is 0 Å². The Morgan fingerprint density at radius 1 is 1.50 bits per heavy atom. The molecule has 1 aliphatic carbocycles. The monoisotopic (exact) mass is 211 g/mol. The summed E-state index contributed by atoms with van der Waals surface area (Å²) in [5, 5.41) is 3.34. The smallest absolute Gasteiger partial charge is 0.125 e. The maximum atomic E-state index is 5.60. The van der Waals surface area contributed by atoms with Crippen LogP contribution in [-0.4, -0.2) is 12.1 Å². The standard InChI is InChI=1S/C11H17NOS/c1-8(2)9-7-14-10(12-9)11(13-3)5-4-6-11/h7-8H,4-6H2,1-3H3. The number of hydrogen-bond donors (Lipinski definition) is 0. The molecule has 0 atom stereocenters. The molecule has 1 saturated carbocycles. The average Bonchev–Trinajstić information content (AvgIpc) is 2.52. The summed E-state index contributed by atoms with van der Waals surface area (Å²) in [4.78, 5) is 4.67. The molecule has 0 bridgehead atoms. The van der Waals surface area contributed by atoms with E-state index in [-0.39, 0.29) is 5.60 Å². The predicted octanol–water partition coefficient (Wildman–Crippen LogP) is 3.29. The van der Waals surface area contributed by atoms with Crippen LogP contribution in [0.25, 0.3) is 0 Å². The maximum Gasteiger partial charge on any atom is 0.125 e. The van der Waals surface area contributed by atoms with Gasteiger partial charge in [0.15, 0.2) is 0 Å². The average molecular weight is 211 g/mol. The molecule has 0 radical (unpaired) electrons. The first-order valence-electron chi connectivity index (χ1n) is 5.19. The summed E-state index contributed by atoms with van der Waals surface area (Å²) in [5.74, 6) is 0.522. The maximum absolute atomic E-state index is 5.60. The highest BCUT2D eigenvalue weighted by atomic mass is 32.1. The van der Waals surface area contributed by atoms with Crippen molar-refractivity contribution in [2.24, 2.45) is 0 Å². The molecular weight excluding hydrogens is 194 g/mol. The van der Waals surface area contributed by atoms with Crippen LogP contribution in [0.5, 0.6) is 0 Å². The van der Waals surface area contributed by atoms with E-state index in [0.29, 0.717) is 5.92 Å². The minimum atomic E-state index is -0.0300. The third-order valence-electron chi connectivity index (χ3n) is 3.06. The normalized spacial score (nSPS) is 19.7. The summed E-state index contributed by atoms with van der Waals surface area (Å²) in [6.45, 7) is 4.36. The van der Waals surface area contributed by atoms with Gasteiger partial charge in [-0.2, -0.15) is 0 Å². The second kappa shape index (κ2) is 3.63. The van der Waals surface area contributed by atoms with E-state index >= 15 is 0 Å². The molecule has 1 aromatic heterocycles. The Bertz CT molecular complexity index is 309. The van der Waals surface area contributed by atoms with Crippen molar-refractivity contribution >= 4 is 11.3 Å². The zero-order valence-corrected chi connectivity index (χ0v) is 9.86. The number of nitrogens with zero attached hydrogens (tertiary/aromatic N) is 1. The van der Waals surface area contributed by atoms with Crippen LogP contribution >= 0.6 is 11.3 Å². The van der Waals surface area contributed by atoms with Crippen LogP contribution in [-0.2, 0) is 10.3 Å². The van der Waals surface area contributed by atoms with Crippen molar-refractivity contribution in [3.05, 3.63) is 16.1 Å². The second-order valence-corrected chi connectivity index (χ2v) is 5.14. The number of thiazole rings is 1. The summed E-state index contributed by atoms with van der Waals surface area (Å²) >= 11 is 1.75. The van der Waals surface area contributed by atoms with Crippen molar-refractivity contribution in [2.75, 3.05) is 7.11 Å². The van der Waals surface area contributed by atoms with Crippen molar-refractivity contribution in [3.63, 3.8) is 0 Å². The van der Waals surface area contributed by atoms with Crippen LogP contribution in [0.2, 0.25) is 0 Å². The van der Waals surface area contributed by atoms with E-state index < -0.39 is 0 Å². The topological polar surface area (TPSA) is 22.1 Å². The minimum absolute atomic E-state index is 0.0300. The Hall–Kier alpha value is -0.410. The van der Waals surface area contributed by atoms with Crippen LogP contribution in [0.15, 0.2) is 5.38 Å². The van der Waals surface area contributed by atoms with Crippen LogP contribution in [0, 0.1) is 0 Å². The summed E-state index contributed by atoms with van der Waals surface area (Å²) in [6, 6.07) is 0. The van der Waals surface area contributed by atoms with Gasteiger partial charge in [0.25, 0.3) is 0 Å². The SMILES string of the molecule is COC1(c2nc(C(C)C)cs2)CCC1. The summed E-state index contributed by atoms with van der Waals surface area (Å²) in [6.07, 6.45) is 3.54. The molecule has 0 aromatic carbocycles. The van der Waals surface area contributed by atoms with Gasteiger partial charge in [-0.1, -0.05) is 13.8 Å². The van der Waals surface area contributed by atoms with Gasteiger partial charge in [0, 0.05) is 12.5 Å². The van der Waals surface area contributed by atoms with Gasteiger partial charge in [-0.15, -0.1) is 11.3 Å². The van der Waals surface area contributed by atoms with E-state index in [2.05, 4.69) is 24.2 Å². The molecule has 2 rings (SSSR count). The van der Waals surface area contributed by atoms with E-state index in [1.165, 1.54) is 17.1 Å². The van der Waals surface area contributed by atoms with Crippen LogP contribution in [0.3, 0.4) is 0 Å². The fourth-order valence-corrected chi connectivity index (χ4v) is 2.98. The highest BCUT2D eigenvalue weighted by molar-refractivity contribution is 7.09. The molecule has 14 heavy (non-hydrogen) atoms. The Morgan fingerprint density at radius 3 is 2.57 bits per heavy atom. The van der Waals surface area contributed by atoms with Crippen molar-refractivity contribution < 1.29 is 4.74 Å². The van der Waals surface area contributed by atoms with Gasteiger partial charge in [-0.25, -0.2) is 4.98 Å². The first-order valence-corrected chi connectivity index (χ1v) is 6.07. The fourth-order valence-electron chi connectivity index (χ4n) is 1.76. The third-order valence-corrected chi connectivity index (χ3v) is 4.10. The minimum Gasteiger partial charge on any atom is -0.371 e. The van der Waals surface area contributed by atoms with Gasteiger partial charge in [0.05, 0.1) is 5.69 Å². The van der Waals surface area contributed by atoms with E-state index in [1.807, 2.05) is 0 Å². The quantitative estimate of drug-likeness (QED) is 0.765. The highest BCUT2D eigenvalue weighted by Crippen LogP contribution is 2.45. The molecule has 0 amide bonds. The van der Waals surface area contributed by atoms with E-state index in [1.54, 1.807) is 18.4 Å². The summed E-state index contributed by atoms with van der Waals surface area (Å²) < 4.78 is 5.60. The highest BCUT2D eigenvalue weighted by Gasteiger charge is 2.41. The number of ether oxygens (including phenoxy) is 1. The molecule has 78 valence electrons. The molecule has 1 fully saturated rings. The van der Waals surface area contributed by atoms with Gasteiger partial charge in [-0.3, -0.25) is 0 Å². The zero-order valence-electron chi connectivity index (χ0n) is 9.04. The van der Waals surface area contributed by atoms with E-state index in [4.69, 9.17) is 4.74 Å². The summed E-state index contributed by atoms with van der Waals surface area (Å²) in [5.41, 5.74) is 1.17. The molecule has 0 spiro atoms. The van der Waals surface area contributed by atoms with Crippen molar-refractivity contribution in [2.45, 2.75) is 44.6 Å². The molecular formula is C11H17NOS. The van der Waals surface area contributed by atoms with Gasteiger partial charge in [0.2, 0.25) is 0 Å². The molecule has 3 heteroatoms. The number of methoxy groups -OCH3 is 1. The molecule has 0 saturated heterocycles. The molecule has 1 heterocycles. The van der Waals surface area contributed by atoms with Gasteiger partial charge in [-0.05, 0) is 25.2 Å². The lowest BCUT2D eigenvalue weighted by atomic mass is 9.80. The van der Waals surface area contributed by atoms with Crippen molar-refractivity contribution in [1.82, 2.24) is 4.98 Å². The molecule has 2 nitrogen and oxygen atoms in total. The third kappa shape index (κ3) is 1.48. The lowest BCUT2D eigenvalue weighted by molar-refractivity contribution is -0.0780. The second-order valence-electron chi connectivity index (χ2n) is 4.28. The first-order chi connectivity index (χ1) is 6.68. The Morgan fingerprint density at radius 2 is 2.21 bits per heavy atom. The molecule has 0 N–H and O–H groups in total. The fraction of sp³-hybridized carbons (Fsp3) is 0.727. The number of rotatable bonds is 3. The Balaban J connectivity index is 2.23. The zero-order chi connectivity index (χ0) is 10.2. The molecule has 1 aliphatic rings. The van der Waals surface area contributed by atoms with Crippen molar-refractivity contribution in [1.29, 1.82) is 0 Å². The predicted molar refractivity (Wildman–Crippen MR) is 58.7 cm³/mol. The van der Waals surface area contributed by atoms with E-state index in [9.17, 15) is 0 Å². The van der Waals surface area contributed by atoms with Crippen LogP contribution < -0.4 is 0 Å². The lowest BCUT2D eigenvalue weighted by Crippen LogP contribution is -2.35.